The molecule has 1 unspecified atom stereocenters. The second-order valence-electron chi connectivity index (χ2n) is 3.44. The Morgan fingerprint density at radius 2 is 1.93 bits per heavy atom. The van der Waals surface area contributed by atoms with Crippen molar-refractivity contribution in [3.05, 3.63) is 33.8 Å². The molecular weight excluding hydrogens is 252 g/mol. The molecule has 0 aliphatic heterocycles. The maximum Gasteiger partial charge on any atom is 0.0595 e. The number of rotatable bonds is 4. The quantitative estimate of drug-likeness (QED) is 0.858. The zero-order chi connectivity index (χ0) is 10.6. The average molecular weight is 269 g/mol. The van der Waals surface area contributed by atoms with Crippen molar-refractivity contribution in [2.75, 3.05) is 0 Å². The predicted octanol–water partition coefficient (Wildman–Crippen LogP) is 4.30. The van der Waals surface area contributed by atoms with E-state index in [0.29, 0.717) is 16.1 Å². The summed E-state index contributed by atoms with van der Waals surface area (Å²) in [4.78, 5) is 0. The second kappa shape index (κ2) is 7.34. The van der Waals surface area contributed by atoms with Crippen molar-refractivity contribution in [2.24, 2.45) is 0 Å². The minimum Gasteiger partial charge on any atom is -0.310 e. The van der Waals surface area contributed by atoms with E-state index in [1.54, 1.807) is 0 Å². The summed E-state index contributed by atoms with van der Waals surface area (Å²) in [5, 5.41) is 4.62. The van der Waals surface area contributed by atoms with Crippen LogP contribution in [0, 0.1) is 0 Å². The molecule has 0 radical (unpaired) electrons. The average Bonchev–Trinajstić information content (AvgIpc) is 2.19. The van der Waals surface area contributed by atoms with Gasteiger partial charge in [-0.15, -0.1) is 12.4 Å². The molecule has 1 aromatic rings. The fourth-order valence-electron chi connectivity index (χ4n) is 1.09. The predicted molar refractivity (Wildman–Crippen MR) is 70.3 cm³/mol. The Balaban J connectivity index is 0.00000196. The molecule has 4 heteroatoms. The van der Waals surface area contributed by atoms with Gasteiger partial charge in [-0.1, -0.05) is 36.2 Å². The van der Waals surface area contributed by atoms with Gasteiger partial charge in [-0.2, -0.15) is 0 Å². The fraction of sp³-hybridized carbons (Fsp3) is 0.455. The lowest BCUT2D eigenvalue weighted by atomic mass is 10.2. The molecule has 0 aliphatic rings. The minimum atomic E-state index is 0. The molecule has 1 aromatic carbocycles. The monoisotopic (exact) mass is 267 g/mol. The van der Waals surface area contributed by atoms with Gasteiger partial charge in [-0.3, -0.25) is 0 Å². The normalized spacial score (nSPS) is 12.0. The summed E-state index contributed by atoms with van der Waals surface area (Å²) in [6, 6.07) is 6.25. The SMILES string of the molecule is CCC(C)NCc1ccc(Cl)c(Cl)c1.Cl. The van der Waals surface area contributed by atoms with Gasteiger partial charge in [-0.25, -0.2) is 0 Å². The molecule has 0 amide bonds. The summed E-state index contributed by atoms with van der Waals surface area (Å²) < 4.78 is 0. The van der Waals surface area contributed by atoms with Crippen LogP contribution in [0.25, 0.3) is 0 Å². The van der Waals surface area contributed by atoms with E-state index in [0.717, 1.165) is 13.0 Å². The molecular formula is C11H16Cl3N. The Morgan fingerprint density at radius 3 is 2.47 bits per heavy atom. The molecule has 0 saturated carbocycles. The molecule has 1 N–H and O–H groups in total. The smallest absolute Gasteiger partial charge is 0.0595 e. The molecule has 86 valence electrons. The van der Waals surface area contributed by atoms with Crippen molar-refractivity contribution < 1.29 is 0 Å². The van der Waals surface area contributed by atoms with Gasteiger partial charge in [0.15, 0.2) is 0 Å². The van der Waals surface area contributed by atoms with Crippen molar-refractivity contribution in [3.8, 4) is 0 Å². The number of hydrogen-bond donors (Lipinski definition) is 1. The van der Waals surface area contributed by atoms with E-state index in [1.165, 1.54) is 5.56 Å². The molecule has 0 heterocycles. The van der Waals surface area contributed by atoms with Gasteiger partial charge in [-0.05, 0) is 31.0 Å². The van der Waals surface area contributed by atoms with Crippen molar-refractivity contribution in [2.45, 2.75) is 32.9 Å². The first kappa shape index (κ1) is 15.0. The molecule has 0 aromatic heterocycles. The number of nitrogens with one attached hydrogen (secondary N) is 1. The lowest BCUT2D eigenvalue weighted by molar-refractivity contribution is 0.534. The van der Waals surface area contributed by atoms with Gasteiger partial charge < -0.3 is 5.32 Å². The summed E-state index contributed by atoms with van der Waals surface area (Å²) >= 11 is 11.7. The van der Waals surface area contributed by atoms with E-state index in [9.17, 15) is 0 Å². The van der Waals surface area contributed by atoms with Gasteiger partial charge in [0.1, 0.15) is 0 Å². The maximum atomic E-state index is 5.90. The third-order valence-electron chi connectivity index (χ3n) is 2.25. The van der Waals surface area contributed by atoms with E-state index in [4.69, 9.17) is 23.2 Å². The Hall–Kier alpha value is 0.0500. The van der Waals surface area contributed by atoms with Crippen LogP contribution in [0.1, 0.15) is 25.8 Å². The van der Waals surface area contributed by atoms with Gasteiger partial charge in [0.25, 0.3) is 0 Å². The molecule has 0 aliphatic carbocycles. The highest BCUT2D eigenvalue weighted by molar-refractivity contribution is 6.42. The third-order valence-corrected chi connectivity index (χ3v) is 2.99. The first-order valence-electron chi connectivity index (χ1n) is 4.80. The number of hydrogen-bond acceptors (Lipinski definition) is 1. The van der Waals surface area contributed by atoms with Gasteiger partial charge in [0, 0.05) is 12.6 Å². The highest BCUT2D eigenvalue weighted by atomic mass is 35.5. The Morgan fingerprint density at radius 1 is 1.27 bits per heavy atom. The van der Waals surface area contributed by atoms with E-state index in [1.807, 2.05) is 18.2 Å². The topological polar surface area (TPSA) is 12.0 Å². The van der Waals surface area contributed by atoms with Crippen molar-refractivity contribution >= 4 is 35.6 Å². The first-order chi connectivity index (χ1) is 6.63. The Bertz CT molecular complexity index is 302. The van der Waals surface area contributed by atoms with Crippen LogP contribution in [0.15, 0.2) is 18.2 Å². The number of benzene rings is 1. The minimum absolute atomic E-state index is 0. The highest BCUT2D eigenvalue weighted by Crippen LogP contribution is 2.22. The fourth-order valence-corrected chi connectivity index (χ4v) is 1.41. The molecule has 1 atom stereocenters. The molecule has 0 saturated heterocycles. The Kier molecular flexibility index (Phi) is 7.37. The largest absolute Gasteiger partial charge is 0.310 e. The highest BCUT2D eigenvalue weighted by Gasteiger charge is 2.01. The van der Waals surface area contributed by atoms with Crippen LogP contribution in [-0.4, -0.2) is 6.04 Å². The van der Waals surface area contributed by atoms with Gasteiger partial charge in [0.05, 0.1) is 10.0 Å². The van der Waals surface area contributed by atoms with Crippen LogP contribution in [0.2, 0.25) is 10.0 Å². The van der Waals surface area contributed by atoms with Crippen LogP contribution in [0.3, 0.4) is 0 Å². The zero-order valence-electron chi connectivity index (χ0n) is 8.89. The van der Waals surface area contributed by atoms with Crippen molar-refractivity contribution in [3.63, 3.8) is 0 Å². The van der Waals surface area contributed by atoms with Crippen LogP contribution in [0.5, 0.6) is 0 Å². The van der Waals surface area contributed by atoms with E-state index < -0.39 is 0 Å². The van der Waals surface area contributed by atoms with Crippen molar-refractivity contribution in [1.29, 1.82) is 0 Å². The lowest BCUT2D eigenvalue weighted by Crippen LogP contribution is -2.24. The lowest BCUT2D eigenvalue weighted by Gasteiger charge is -2.11. The summed E-state index contributed by atoms with van der Waals surface area (Å²) in [5.74, 6) is 0. The van der Waals surface area contributed by atoms with E-state index >= 15 is 0 Å². The standard InChI is InChI=1S/C11H15Cl2N.ClH/c1-3-8(2)14-7-9-4-5-10(12)11(13)6-9;/h4-6,8,14H,3,7H2,1-2H3;1H. The summed E-state index contributed by atoms with van der Waals surface area (Å²) in [6.45, 7) is 5.16. The third kappa shape index (κ3) is 5.07. The van der Waals surface area contributed by atoms with Crippen LogP contribution in [0.4, 0.5) is 0 Å². The van der Waals surface area contributed by atoms with Crippen LogP contribution < -0.4 is 5.32 Å². The van der Waals surface area contributed by atoms with Crippen LogP contribution in [-0.2, 0) is 6.54 Å². The molecule has 0 fully saturated rings. The molecule has 1 nitrogen and oxygen atoms in total. The van der Waals surface area contributed by atoms with E-state index in [-0.39, 0.29) is 12.4 Å². The van der Waals surface area contributed by atoms with Crippen molar-refractivity contribution in [1.82, 2.24) is 5.32 Å². The van der Waals surface area contributed by atoms with Gasteiger partial charge in [0.2, 0.25) is 0 Å². The molecule has 1 rings (SSSR count). The molecule has 0 bridgehead atoms. The van der Waals surface area contributed by atoms with E-state index in [2.05, 4.69) is 19.2 Å². The Labute approximate surface area is 108 Å². The molecule has 0 spiro atoms. The van der Waals surface area contributed by atoms with Gasteiger partial charge >= 0.3 is 0 Å². The summed E-state index contributed by atoms with van der Waals surface area (Å²) in [6.07, 6.45) is 1.13. The van der Waals surface area contributed by atoms with Crippen LogP contribution >= 0.6 is 35.6 Å². The number of halogens is 3. The summed E-state index contributed by atoms with van der Waals surface area (Å²) in [5.41, 5.74) is 1.17. The first-order valence-corrected chi connectivity index (χ1v) is 5.56. The zero-order valence-corrected chi connectivity index (χ0v) is 11.2. The second-order valence-corrected chi connectivity index (χ2v) is 4.25. The summed E-state index contributed by atoms with van der Waals surface area (Å²) in [7, 11) is 0. The molecule has 15 heavy (non-hydrogen) atoms. The maximum absolute atomic E-state index is 5.90.